The average Bonchev–Trinajstić information content (AvgIpc) is 2.91. The van der Waals surface area contributed by atoms with Crippen LogP contribution in [0.3, 0.4) is 0 Å². The van der Waals surface area contributed by atoms with Gasteiger partial charge in [-0.25, -0.2) is 0 Å². The first-order valence-corrected chi connectivity index (χ1v) is 11.8. The van der Waals surface area contributed by atoms with E-state index in [2.05, 4.69) is 21.5 Å². The summed E-state index contributed by atoms with van der Waals surface area (Å²) in [5.41, 5.74) is 8.28. The second-order valence-corrected chi connectivity index (χ2v) is 8.61. The molecule has 0 saturated heterocycles. The second-order valence-electron chi connectivity index (χ2n) is 8.20. The van der Waals surface area contributed by atoms with E-state index in [1.807, 2.05) is 61.5 Å². The number of nitrogens with one attached hydrogen (secondary N) is 4. The van der Waals surface area contributed by atoms with Gasteiger partial charge in [0.25, 0.3) is 11.8 Å². The summed E-state index contributed by atoms with van der Waals surface area (Å²) in [5, 5.41) is 7.34. The van der Waals surface area contributed by atoms with Crippen LogP contribution in [0.1, 0.15) is 31.8 Å². The van der Waals surface area contributed by atoms with Crippen LogP contribution in [0, 0.1) is 6.92 Å². The molecule has 0 heterocycles. The maximum absolute atomic E-state index is 12.4. The molecule has 0 spiro atoms. The van der Waals surface area contributed by atoms with Crippen LogP contribution in [-0.4, -0.2) is 22.8 Å². The number of anilines is 1. The Morgan fingerprint density at radius 2 is 1.49 bits per heavy atom. The van der Waals surface area contributed by atoms with E-state index in [0.29, 0.717) is 16.8 Å². The third-order valence-corrected chi connectivity index (χ3v) is 5.65. The quantitative estimate of drug-likeness (QED) is 0.177. The SMILES string of the molecule is Cc1cccc(C(=O)Nc2ccc(C(=O)NNC(=S)NC(=O)/C=C/c3cccc4ccccc34)cc2)c1. The molecule has 3 amide bonds. The number of thiocarbonyl (C=S) groups is 1. The third-order valence-electron chi connectivity index (χ3n) is 5.45. The van der Waals surface area contributed by atoms with Crippen LogP contribution < -0.4 is 21.5 Å². The first kappa shape index (κ1) is 25.3. The summed E-state index contributed by atoms with van der Waals surface area (Å²) >= 11 is 5.09. The van der Waals surface area contributed by atoms with Crippen molar-refractivity contribution in [2.24, 2.45) is 0 Å². The van der Waals surface area contributed by atoms with Crippen LogP contribution >= 0.6 is 12.2 Å². The number of rotatable bonds is 5. The summed E-state index contributed by atoms with van der Waals surface area (Å²) in [6.45, 7) is 1.92. The Morgan fingerprint density at radius 3 is 2.27 bits per heavy atom. The maximum atomic E-state index is 12.4. The molecule has 0 aliphatic carbocycles. The maximum Gasteiger partial charge on any atom is 0.269 e. The molecule has 7 nitrogen and oxygen atoms in total. The zero-order chi connectivity index (χ0) is 26.2. The third kappa shape index (κ3) is 6.87. The number of carbonyl (C=O) groups is 3. The van der Waals surface area contributed by atoms with E-state index in [0.717, 1.165) is 21.9 Å². The van der Waals surface area contributed by atoms with Crippen LogP contribution in [0.15, 0.2) is 97.1 Å². The van der Waals surface area contributed by atoms with E-state index < -0.39 is 11.8 Å². The number of hydrogen-bond donors (Lipinski definition) is 4. The van der Waals surface area contributed by atoms with E-state index in [4.69, 9.17) is 12.2 Å². The molecular formula is C29H24N4O3S. The molecule has 0 aromatic heterocycles. The summed E-state index contributed by atoms with van der Waals surface area (Å²) in [6, 6.07) is 27.4. The molecule has 0 unspecified atom stereocenters. The highest BCUT2D eigenvalue weighted by Gasteiger charge is 2.09. The lowest BCUT2D eigenvalue weighted by atomic mass is 10.0. The van der Waals surface area contributed by atoms with Gasteiger partial charge in [-0.1, -0.05) is 60.2 Å². The van der Waals surface area contributed by atoms with E-state index >= 15 is 0 Å². The first-order chi connectivity index (χ1) is 17.9. The van der Waals surface area contributed by atoms with Gasteiger partial charge in [-0.3, -0.25) is 30.6 Å². The number of carbonyl (C=O) groups excluding carboxylic acids is 3. The fourth-order valence-corrected chi connectivity index (χ4v) is 3.78. The summed E-state index contributed by atoms with van der Waals surface area (Å²) in [5.74, 6) is -1.13. The van der Waals surface area contributed by atoms with Crippen LogP contribution in [0.5, 0.6) is 0 Å². The van der Waals surface area contributed by atoms with Gasteiger partial charge in [-0.2, -0.15) is 0 Å². The normalized spacial score (nSPS) is 10.6. The molecule has 0 aliphatic heterocycles. The molecule has 0 radical (unpaired) electrons. The van der Waals surface area contributed by atoms with Crippen molar-refractivity contribution >= 4 is 57.6 Å². The molecule has 4 N–H and O–H groups in total. The molecule has 0 bridgehead atoms. The van der Waals surface area contributed by atoms with Crippen molar-refractivity contribution in [3.63, 3.8) is 0 Å². The Bertz CT molecular complexity index is 1510. The zero-order valence-electron chi connectivity index (χ0n) is 19.9. The smallest absolute Gasteiger partial charge is 0.269 e. The minimum Gasteiger partial charge on any atom is -0.322 e. The fourth-order valence-electron chi connectivity index (χ4n) is 3.63. The lowest BCUT2D eigenvalue weighted by molar-refractivity contribution is -0.115. The van der Waals surface area contributed by atoms with Gasteiger partial charge in [0, 0.05) is 22.9 Å². The van der Waals surface area contributed by atoms with E-state index in [9.17, 15) is 14.4 Å². The van der Waals surface area contributed by atoms with E-state index in [-0.39, 0.29) is 11.0 Å². The molecular weight excluding hydrogens is 484 g/mol. The first-order valence-electron chi connectivity index (χ1n) is 11.4. The van der Waals surface area contributed by atoms with Crippen molar-refractivity contribution in [1.29, 1.82) is 0 Å². The van der Waals surface area contributed by atoms with E-state index in [1.165, 1.54) is 6.08 Å². The molecule has 4 aromatic carbocycles. The Labute approximate surface area is 219 Å². The Hall–Kier alpha value is -4.82. The van der Waals surface area contributed by atoms with Gasteiger partial charge in [0.05, 0.1) is 0 Å². The van der Waals surface area contributed by atoms with Gasteiger partial charge in [0.15, 0.2) is 5.11 Å². The minimum atomic E-state index is -0.459. The van der Waals surface area contributed by atoms with Crippen LogP contribution in [-0.2, 0) is 4.79 Å². The fraction of sp³-hybridized carbons (Fsp3) is 0.0345. The van der Waals surface area contributed by atoms with Crippen molar-refractivity contribution in [1.82, 2.24) is 16.2 Å². The largest absolute Gasteiger partial charge is 0.322 e. The van der Waals surface area contributed by atoms with Crippen molar-refractivity contribution in [2.45, 2.75) is 6.92 Å². The highest BCUT2D eigenvalue weighted by molar-refractivity contribution is 7.80. The summed E-state index contributed by atoms with van der Waals surface area (Å²) in [6.07, 6.45) is 3.08. The van der Waals surface area contributed by atoms with Gasteiger partial charge in [0.1, 0.15) is 0 Å². The van der Waals surface area contributed by atoms with Gasteiger partial charge >= 0.3 is 0 Å². The van der Waals surface area contributed by atoms with Gasteiger partial charge in [0.2, 0.25) is 5.91 Å². The predicted molar refractivity (Wildman–Crippen MR) is 150 cm³/mol. The summed E-state index contributed by atoms with van der Waals surface area (Å²) < 4.78 is 0. The zero-order valence-corrected chi connectivity index (χ0v) is 20.8. The van der Waals surface area contributed by atoms with Gasteiger partial charge in [-0.05, 0) is 78.0 Å². The number of amides is 3. The Morgan fingerprint density at radius 1 is 0.757 bits per heavy atom. The minimum absolute atomic E-state index is 0.0528. The highest BCUT2D eigenvalue weighted by atomic mass is 32.1. The molecule has 0 aliphatic rings. The van der Waals surface area contributed by atoms with Crippen molar-refractivity contribution in [3.05, 3.63) is 119 Å². The number of fused-ring (bicyclic) bond motifs is 1. The lowest BCUT2D eigenvalue weighted by Crippen LogP contribution is -2.48. The molecule has 37 heavy (non-hydrogen) atoms. The van der Waals surface area contributed by atoms with Crippen molar-refractivity contribution in [2.75, 3.05) is 5.32 Å². The highest BCUT2D eigenvalue weighted by Crippen LogP contribution is 2.19. The summed E-state index contributed by atoms with van der Waals surface area (Å²) in [4.78, 5) is 37.0. The van der Waals surface area contributed by atoms with E-state index in [1.54, 1.807) is 42.5 Å². The molecule has 8 heteroatoms. The second kappa shape index (κ2) is 11.7. The standard InChI is InChI=1S/C29H24N4O3S/c1-19-6-4-10-23(18-19)27(35)30-24-15-12-22(13-16-24)28(36)32-33-29(37)31-26(34)17-14-21-9-5-8-20-7-2-3-11-25(20)21/h2-18H,1H3,(H,30,35)(H,32,36)(H2,31,33,34,37)/b17-14+. The number of hydrogen-bond acceptors (Lipinski definition) is 4. The van der Waals surface area contributed by atoms with Crippen LogP contribution in [0.4, 0.5) is 5.69 Å². The van der Waals surface area contributed by atoms with Gasteiger partial charge < -0.3 is 5.32 Å². The molecule has 184 valence electrons. The Kier molecular flexibility index (Phi) is 8.02. The lowest BCUT2D eigenvalue weighted by Gasteiger charge is -2.10. The number of benzene rings is 4. The average molecular weight is 509 g/mol. The number of aryl methyl sites for hydroxylation is 1. The monoisotopic (exact) mass is 508 g/mol. The Balaban J connectivity index is 1.26. The van der Waals surface area contributed by atoms with Crippen molar-refractivity contribution < 1.29 is 14.4 Å². The van der Waals surface area contributed by atoms with Crippen LogP contribution in [0.25, 0.3) is 16.8 Å². The van der Waals surface area contributed by atoms with Crippen LogP contribution in [0.2, 0.25) is 0 Å². The molecule has 0 fully saturated rings. The molecule has 4 rings (SSSR count). The topological polar surface area (TPSA) is 99.3 Å². The number of hydrazine groups is 1. The molecule has 0 atom stereocenters. The van der Waals surface area contributed by atoms with Gasteiger partial charge in [-0.15, -0.1) is 0 Å². The predicted octanol–water partition coefficient (Wildman–Crippen LogP) is 4.75. The summed E-state index contributed by atoms with van der Waals surface area (Å²) in [7, 11) is 0. The van der Waals surface area contributed by atoms with Crippen molar-refractivity contribution in [3.8, 4) is 0 Å². The molecule has 0 saturated carbocycles. The molecule has 4 aromatic rings.